The van der Waals surface area contributed by atoms with Gasteiger partial charge < -0.3 is 69.4 Å². The number of alkyl carbamates (subject to hydrolysis) is 1. The molecule has 8 N–H and O–H groups in total. The highest BCUT2D eigenvalue weighted by Gasteiger charge is 2.49. The van der Waals surface area contributed by atoms with E-state index < -0.39 is 96.0 Å². The highest BCUT2D eigenvalue weighted by atomic mass is 19.1. The van der Waals surface area contributed by atoms with Gasteiger partial charge in [0.05, 0.1) is 47.2 Å². The molecular weight excluding hydrogens is 992 g/mol. The molecule has 25 heteroatoms. The molecule has 24 nitrogen and oxygen atoms in total. The molecule has 0 spiro atoms. The number of aliphatic carboxylic acids is 1. The lowest BCUT2D eigenvalue weighted by Crippen LogP contribution is -2.61. The number of pyridine rings is 2. The van der Waals surface area contributed by atoms with Gasteiger partial charge in [0.2, 0.25) is 18.1 Å². The van der Waals surface area contributed by atoms with Gasteiger partial charge in [0, 0.05) is 78.3 Å². The summed E-state index contributed by atoms with van der Waals surface area (Å²) in [4.78, 5) is 108. The van der Waals surface area contributed by atoms with E-state index in [4.69, 9.17) is 28.3 Å². The van der Waals surface area contributed by atoms with Gasteiger partial charge in [-0.05, 0) is 54.3 Å². The molecule has 4 aliphatic heterocycles. The molecule has 5 aromatic rings. The van der Waals surface area contributed by atoms with Crippen LogP contribution in [0.3, 0.4) is 0 Å². The first kappa shape index (κ1) is 51.5. The van der Waals surface area contributed by atoms with E-state index in [1.807, 2.05) is 0 Å². The number of anilines is 1. The minimum atomic E-state index is -2.13. The first-order valence-electron chi connectivity index (χ1n) is 23.4. The number of hydrogen-bond donors (Lipinski definition) is 8. The zero-order chi connectivity index (χ0) is 53.6. The van der Waals surface area contributed by atoms with Crippen LogP contribution in [0.5, 0.6) is 5.75 Å². The summed E-state index contributed by atoms with van der Waals surface area (Å²) < 4.78 is 44.4. The molecule has 75 heavy (non-hydrogen) atoms. The number of amides is 5. The summed E-state index contributed by atoms with van der Waals surface area (Å²) in [5.74, 6) is -5.89. The number of benzene rings is 2. The van der Waals surface area contributed by atoms with Crippen molar-refractivity contribution in [1.82, 2.24) is 25.1 Å². The number of carbonyl (C=O) groups excluding carboxylic acids is 6. The van der Waals surface area contributed by atoms with Gasteiger partial charge in [-0.15, -0.1) is 0 Å². The Kier molecular flexibility index (Phi) is 14.1. The monoisotopic (exact) mass is 1040 g/mol. The third-order valence-corrected chi connectivity index (χ3v) is 13.4. The molecule has 6 atom stereocenters. The molecule has 1 saturated heterocycles. The molecule has 392 valence electrons. The normalized spacial score (nSPS) is 21.6. The third-order valence-electron chi connectivity index (χ3n) is 13.4. The zero-order valence-corrected chi connectivity index (χ0v) is 39.8. The third kappa shape index (κ3) is 9.69. The molecule has 7 heterocycles. The second kappa shape index (κ2) is 20.5. The lowest BCUT2D eigenvalue weighted by molar-refractivity contribution is -0.271. The fourth-order valence-electron chi connectivity index (χ4n) is 9.35. The number of carboxylic acids is 1. The average molecular weight is 1040 g/mol. The number of cyclic esters (lactones) is 1. The van der Waals surface area contributed by atoms with Crippen molar-refractivity contribution in [3.8, 4) is 28.3 Å². The van der Waals surface area contributed by atoms with E-state index in [0.717, 1.165) is 17.1 Å². The number of esters is 1. The summed E-state index contributed by atoms with van der Waals surface area (Å²) in [5, 5.41) is 60.5. The largest absolute Gasteiger partial charge is 0.479 e. The van der Waals surface area contributed by atoms with Crippen LogP contribution < -0.4 is 26.2 Å². The molecule has 0 aliphatic carbocycles. The van der Waals surface area contributed by atoms with Crippen LogP contribution in [0.25, 0.3) is 33.4 Å². The van der Waals surface area contributed by atoms with Crippen molar-refractivity contribution in [2.75, 3.05) is 18.4 Å². The summed E-state index contributed by atoms with van der Waals surface area (Å²) in [7, 11) is 0. The maximum atomic E-state index is 15.8. The Balaban J connectivity index is 0.962. The van der Waals surface area contributed by atoms with Gasteiger partial charge in [-0.25, -0.2) is 23.8 Å². The number of aromatic nitrogens is 2. The van der Waals surface area contributed by atoms with Crippen LogP contribution in [0.1, 0.15) is 59.6 Å². The summed E-state index contributed by atoms with van der Waals surface area (Å²) in [6, 6.07) is 8.27. The van der Waals surface area contributed by atoms with Crippen molar-refractivity contribution in [2.24, 2.45) is 0 Å². The number of nitrogens with one attached hydrogen (secondary N) is 3. The SMILES string of the molecule is CC[C@@]1(O)C(=O)OCc2c1cc1n(c2=O)Cc2c-1nc1cc(F)c(C)c(-c3ccoc3)c1c2CNC(=O)OCc1ccc(O[C@@H]2O[C@H](C(=O)O)[C@@H](O)[C@H](O)[C@H]2O)c(NC(=O)CCNC(=O)CCN2C(=O)C=CC2=O)c1. The van der Waals surface area contributed by atoms with Crippen molar-refractivity contribution >= 4 is 58.3 Å². The van der Waals surface area contributed by atoms with E-state index >= 15 is 4.39 Å². The first-order chi connectivity index (χ1) is 35.8. The number of carboxylic acid groups (broad SMARTS) is 1. The Bertz CT molecular complexity index is 3280. The fourth-order valence-corrected chi connectivity index (χ4v) is 9.35. The summed E-state index contributed by atoms with van der Waals surface area (Å²) in [6.07, 6.45) is -6.68. The molecule has 0 saturated carbocycles. The average Bonchev–Trinajstić information content (AvgIpc) is 4.15. The fraction of sp³-hybridized carbons (Fsp3) is 0.340. The number of halogens is 1. The maximum Gasteiger partial charge on any atom is 0.407 e. The number of aliphatic hydroxyl groups excluding tert-OH is 3. The molecule has 4 aliphatic rings. The standard InChI is InChI=1S/C50H47FN6O18/c1-3-50(70)28-15-32-40-26(18-57(32)45(65)27(28)21-72-48(50)68)25(39-31(55-40)16-29(51)22(2)38(39)24-10-13-71-20-24)17-53-49(69)73-19-23-4-5-33(74-47-43(64)41(62)42(63)44(75-47)46(66)67)30(14-23)54-35(59)8-11-52-34(58)9-12-56-36(60)6-7-37(56)61/h4-7,10,13-16,20,41-44,47,62-64,70H,3,8-9,11-12,17-19,21H2,1-2H3,(H,52,58)(H,53,69)(H,54,59)(H,66,67)/t41-,42-,43+,44-,47+,50-/m0/s1. The predicted octanol–water partition coefficient (Wildman–Crippen LogP) is 1.24. The van der Waals surface area contributed by atoms with Gasteiger partial charge in [0.25, 0.3) is 17.4 Å². The number of aliphatic hydroxyl groups is 4. The molecule has 0 unspecified atom stereocenters. The highest BCUT2D eigenvalue weighted by molar-refractivity contribution is 6.13. The Morgan fingerprint density at radius 2 is 1.71 bits per heavy atom. The Hall–Kier alpha value is -8.36. The van der Waals surface area contributed by atoms with Crippen molar-refractivity contribution in [3.63, 3.8) is 0 Å². The lowest BCUT2D eigenvalue weighted by atomic mass is 9.86. The Labute approximate surface area is 422 Å². The molecule has 0 bridgehead atoms. The molecule has 2 aromatic carbocycles. The van der Waals surface area contributed by atoms with Gasteiger partial charge in [0.15, 0.2) is 11.7 Å². The molecule has 9 rings (SSSR count). The van der Waals surface area contributed by atoms with Crippen molar-refractivity contribution in [2.45, 2.75) is 95.7 Å². The van der Waals surface area contributed by atoms with Gasteiger partial charge in [0.1, 0.15) is 43.1 Å². The topological polar surface area (TPSA) is 345 Å². The summed E-state index contributed by atoms with van der Waals surface area (Å²) >= 11 is 0. The molecular formula is C50H47FN6O18. The van der Waals surface area contributed by atoms with E-state index in [2.05, 4.69) is 16.0 Å². The zero-order valence-electron chi connectivity index (χ0n) is 39.8. The Morgan fingerprint density at radius 1 is 0.947 bits per heavy atom. The van der Waals surface area contributed by atoms with Crippen LogP contribution in [-0.2, 0) is 74.9 Å². The van der Waals surface area contributed by atoms with Crippen LogP contribution in [0.2, 0.25) is 0 Å². The van der Waals surface area contributed by atoms with Gasteiger partial charge >= 0.3 is 18.0 Å². The predicted molar refractivity (Wildman–Crippen MR) is 252 cm³/mol. The highest BCUT2D eigenvalue weighted by Crippen LogP contribution is 2.44. The quantitative estimate of drug-likeness (QED) is 0.0499. The number of hydrogen-bond acceptors (Lipinski definition) is 18. The number of carbonyl (C=O) groups is 7. The molecule has 3 aromatic heterocycles. The maximum absolute atomic E-state index is 15.8. The minimum Gasteiger partial charge on any atom is -0.479 e. The number of imide groups is 1. The van der Waals surface area contributed by atoms with Gasteiger partial charge in [-0.2, -0.15) is 0 Å². The van der Waals surface area contributed by atoms with E-state index in [1.165, 1.54) is 47.4 Å². The number of furan rings is 1. The van der Waals surface area contributed by atoms with E-state index in [9.17, 15) is 63.9 Å². The van der Waals surface area contributed by atoms with Crippen LogP contribution in [-0.4, -0.2) is 125 Å². The summed E-state index contributed by atoms with van der Waals surface area (Å²) in [6.45, 7) is 1.51. The van der Waals surface area contributed by atoms with Crippen LogP contribution in [0, 0.1) is 12.7 Å². The number of fused-ring (bicyclic) bond motifs is 5. The van der Waals surface area contributed by atoms with E-state index in [-0.39, 0.29) is 103 Å². The van der Waals surface area contributed by atoms with Crippen LogP contribution in [0.4, 0.5) is 14.9 Å². The van der Waals surface area contributed by atoms with Crippen LogP contribution >= 0.6 is 0 Å². The smallest absolute Gasteiger partial charge is 0.407 e. The molecule has 1 fully saturated rings. The van der Waals surface area contributed by atoms with Crippen molar-refractivity contribution in [1.29, 1.82) is 0 Å². The number of rotatable bonds is 16. The Morgan fingerprint density at radius 3 is 2.41 bits per heavy atom. The van der Waals surface area contributed by atoms with Gasteiger partial charge in [-0.3, -0.25) is 28.9 Å². The van der Waals surface area contributed by atoms with E-state index in [0.29, 0.717) is 27.6 Å². The number of ether oxygens (including phenoxy) is 4. The van der Waals surface area contributed by atoms with Crippen molar-refractivity contribution in [3.05, 3.63) is 111 Å². The number of nitrogens with zero attached hydrogens (tertiary/aromatic N) is 3. The lowest BCUT2D eigenvalue weighted by Gasteiger charge is -2.38. The second-order valence-electron chi connectivity index (χ2n) is 18.0. The first-order valence-corrected chi connectivity index (χ1v) is 23.4. The molecule has 0 radical (unpaired) electrons. The van der Waals surface area contributed by atoms with Crippen molar-refractivity contribution < 1.29 is 86.8 Å². The summed E-state index contributed by atoms with van der Waals surface area (Å²) in [5.41, 5.74) is 0.103. The second-order valence-corrected chi connectivity index (χ2v) is 18.0. The molecule has 5 amide bonds. The minimum absolute atomic E-state index is 0.0590. The van der Waals surface area contributed by atoms with Crippen LogP contribution in [0.15, 0.2) is 70.3 Å². The van der Waals surface area contributed by atoms with Gasteiger partial charge in [-0.1, -0.05) is 13.0 Å². The van der Waals surface area contributed by atoms with E-state index in [1.54, 1.807) is 19.9 Å².